The zero-order valence-corrected chi connectivity index (χ0v) is 14.1. The molecule has 0 spiro atoms. The van der Waals surface area contributed by atoms with Crippen molar-refractivity contribution in [1.82, 2.24) is 14.9 Å². The molecule has 116 valence electrons. The number of likely N-dealkylation sites (tertiary alicyclic amines) is 1. The number of carbonyl (C=O) groups excluding carboxylic acids is 1. The molecule has 0 aliphatic carbocycles. The summed E-state index contributed by atoms with van der Waals surface area (Å²) in [5.41, 5.74) is 1.64. The topological polar surface area (TPSA) is 46.1 Å². The van der Waals surface area contributed by atoms with Crippen LogP contribution in [0.25, 0.3) is 10.7 Å². The van der Waals surface area contributed by atoms with Gasteiger partial charge in [-0.05, 0) is 37.3 Å². The van der Waals surface area contributed by atoms with E-state index in [1.54, 1.807) is 6.20 Å². The van der Waals surface area contributed by atoms with Gasteiger partial charge in [0.25, 0.3) is 5.91 Å². The van der Waals surface area contributed by atoms with Crippen LogP contribution >= 0.6 is 11.3 Å². The predicted octanol–water partition coefficient (Wildman–Crippen LogP) is 3.63. The van der Waals surface area contributed by atoms with Gasteiger partial charge in [-0.25, -0.2) is 4.98 Å². The first kappa shape index (κ1) is 15.2. The fourth-order valence-electron chi connectivity index (χ4n) is 3.17. The Morgan fingerprint density at radius 2 is 2.00 bits per heavy atom. The molecule has 1 saturated heterocycles. The van der Waals surface area contributed by atoms with Crippen LogP contribution < -0.4 is 0 Å². The molecule has 2 aromatic heterocycles. The summed E-state index contributed by atoms with van der Waals surface area (Å²) in [5, 5.41) is 0.819. The molecular formula is C17H21N3OS. The van der Waals surface area contributed by atoms with Crippen LogP contribution in [0.5, 0.6) is 0 Å². The molecule has 0 bridgehead atoms. The van der Waals surface area contributed by atoms with Gasteiger partial charge in [0.15, 0.2) is 0 Å². The summed E-state index contributed by atoms with van der Waals surface area (Å²) in [4.78, 5) is 24.4. The van der Waals surface area contributed by atoms with Gasteiger partial charge < -0.3 is 4.90 Å². The minimum atomic E-state index is 0.121. The number of aromatic nitrogens is 2. The number of amides is 1. The van der Waals surface area contributed by atoms with Crippen LogP contribution in [0.4, 0.5) is 0 Å². The fourth-order valence-corrected chi connectivity index (χ4v) is 4.18. The second-order valence-corrected chi connectivity index (χ2v) is 7.30. The Morgan fingerprint density at radius 3 is 2.64 bits per heavy atom. The van der Waals surface area contributed by atoms with Gasteiger partial charge in [0.2, 0.25) is 0 Å². The van der Waals surface area contributed by atoms with E-state index in [4.69, 9.17) is 0 Å². The maximum absolute atomic E-state index is 12.8. The second kappa shape index (κ2) is 6.16. The Bertz CT molecular complexity index is 658. The summed E-state index contributed by atoms with van der Waals surface area (Å²) in [6, 6.07) is 5.75. The molecule has 0 aromatic carbocycles. The minimum absolute atomic E-state index is 0.121. The summed E-state index contributed by atoms with van der Waals surface area (Å²) in [6.45, 7) is 8.04. The number of carbonyl (C=O) groups is 1. The number of rotatable bonds is 2. The number of hydrogen-bond donors (Lipinski definition) is 0. The lowest BCUT2D eigenvalue weighted by Crippen LogP contribution is -2.42. The maximum atomic E-state index is 12.8. The molecule has 22 heavy (non-hydrogen) atoms. The SMILES string of the molecule is Cc1nc(-c2ccccn2)sc1C(=O)N1C[C@H](C)C[C@@H](C)C1. The monoisotopic (exact) mass is 315 g/mol. The van der Waals surface area contributed by atoms with Crippen molar-refractivity contribution < 1.29 is 4.79 Å². The highest BCUT2D eigenvalue weighted by atomic mass is 32.1. The molecule has 3 heterocycles. The number of hydrogen-bond acceptors (Lipinski definition) is 4. The standard InChI is InChI=1S/C17H21N3OS/c1-11-8-12(2)10-20(9-11)17(21)15-13(3)19-16(22-15)14-6-4-5-7-18-14/h4-7,11-12H,8-10H2,1-3H3/t11-,12-/m1/s1. The van der Waals surface area contributed by atoms with Crippen molar-refractivity contribution in [2.75, 3.05) is 13.1 Å². The highest BCUT2D eigenvalue weighted by molar-refractivity contribution is 7.17. The molecule has 0 N–H and O–H groups in total. The Balaban J connectivity index is 1.86. The molecule has 2 aromatic rings. The zero-order chi connectivity index (χ0) is 15.7. The van der Waals surface area contributed by atoms with E-state index in [2.05, 4.69) is 23.8 Å². The molecule has 5 heteroatoms. The van der Waals surface area contributed by atoms with E-state index in [1.165, 1.54) is 17.8 Å². The maximum Gasteiger partial charge on any atom is 0.265 e. The van der Waals surface area contributed by atoms with E-state index >= 15 is 0 Å². The molecule has 4 nitrogen and oxygen atoms in total. The highest BCUT2D eigenvalue weighted by Gasteiger charge is 2.28. The number of piperidine rings is 1. The first-order valence-corrected chi connectivity index (χ1v) is 8.54. The smallest absolute Gasteiger partial charge is 0.265 e. The average Bonchev–Trinajstić information content (AvgIpc) is 2.88. The van der Waals surface area contributed by atoms with Gasteiger partial charge >= 0.3 is 0 Å². The van der Waals surface area contributed by atoms with E-state index in [-0.39, 0.29) is 5.91 Å². The minimum Gasteiger partial charge on any atom is -0.337 e. The average molecular weight is 315 g/mol. The van der Waals surface area contributed by atoms with Gasteiger partial charge in [-0.3, -0.25) is 9.78 Å². The number of pyridine rings is 1. The van der Waals surface area contributed by atoms with E-state index in [0.29, 0.717) is 11.8 Å². The van der Waals surface area contributed by atoms with Gasteiger partial charge in [-0.1, -0.05) is 19.9 Å². The largest absolute Gasteiger partial charge is 0.337 e. The van der Waals surface area contributed by atoms with Crippen LogP contribution in [0.3, 0.4) is 0 Å². The van der Waals surface area contributed by atoms with Crippen LogP contribution in [0, 0.1) is 18.8 Å². The fraction of sp³-hybridized carbons (Fsp3) is 0.471. The molecule has 1 aliphatic heterocycles. The van der Waals surface area contributed by atoms with Crippen LogP contribution in [0.15, 0.2) is 24.4 Å². The number of nitrogens with zero attached hydrogens (tertiary/aromatic N) is 3. The summed E-state index contributed by atoms with van der Waals surface area (Å²) in [6.07, 6.45) is 2.95. The van der Waals surface area contributed by atoms with Gasteiger partial charge in [-0.2, -0.15) is 0 Å². The van der Waals surface area contributed by atoms with E-state index in [9.17, 15) is 4.79 Å². The van der Waals surface area contributed by atoms with Gasteiger partial charge in [0.1, 0.15) is 9.88 Å². The van der Waals surface area contributed by atoms with Crippen molar-refractivity contribution in [3.63, 3.8) is 0 Å². The molecule has 1 amide bonds. The molecular weight excluding hydrogens is 294 g/mol. The summed E-state index contributed by atoms with van der Waals surface area (Å²) in [7, 11) is 0. The third-order valence-electron chi connectivity index (χ3n) is 4.03. The number of aryl methyl sites for hydroxylation is 1. The Kier molecular flexibility index (Phi) is 4.25. The highest BCUT2D eigenvalue weighted by Crippen LogP contribution is 2.29. The van der Waals surface area contributed by atoms with Crippen molar-refractivity contribution in [1.29, 1.82) is 0 Å². The third-order valence-corrected chi connectivity index (χ3v) is 5.20. The Morgan fingerprint density at radius 1 is 1.27 bits per heavy atom. The van der Waals surface area contributed by atoms with Crippen LogP contribution in [0.2, 0.25) is 0 Å². The van der Waals surface area contributed by atoms with Gasteiger partial charge in [0, 0.05) is 19.3 Å². The van der Waals surface area contributed by atoms with Gasteiger partial charge in [0.05, 0.1) is 11.4 Å². The van der Waals surface area contributed by atoms with E-state index in [1.807, 2.05) is 30.0 Å². The first-order valence-electron chi connectivity index (χ1n) is 7.72. The van der Waals surface area contributed by atoms with Crippen molar-refractivity contribution in [3.05, 3.63) is 35.0 Å². The predicted molar refractivity (Wildman–Crippen MR) is 88.9 cm³/mol. The quantitative estimate of drug-likeness (QED) is 0.850. The number of thiazole rings is 1. The van der Waals surface area contributed by atoms with Crippen molar-refractivity contribution in [2.24, 2.45) is 11.8 Å². The first-order chi connectivity index (χ1) is 10.5. The molecule has 1 aliphatic rings. The van der Waals surface area contributed by atoms with Crippen molar-refractivity contribution in [2.45, 2.75) is 27.2 Å². The third kappa shape index (κ3) is 3.04. The van der Waals surface area contributed by atoms with E-state index in [0.717, 1.165) is 34.4 Å². The zero-order valence-electron chi connectivity index (χ0n) is 13.2. The summed E-state index contributed by atoms with van der Waals surface area (Å²) >= 11 is 1.45. The van der Waals surface area contributed by atoms with Crippen LogP contribution in [-0.2, 0) is 0 Å². The molecule has 3 rings (SSSR count). The van der Waals surface area contributed by atoms with Gasteiger partial charge in [-0.15, -0.1) is 11.3 Å². The summed E-state index contributed by atoms with van der Waals surface area (Å²) in [5.74, 6) is 1.25. The normalized spacial score (nSPS) is 21.9. The van der Waals surface area contributed by atoms with Crippen LogP contribution in [-0.4, -0.2) is 33.9 Å². The second-order valence-electron chi connectivity index (χ2n) is 6.30. The lowest BCUT2D eigenvalue weighted by atomic mass is 9.92. The van der Waals surface area contributed by atoms with Crippen molar-refractivity contribution >= 4 is 17.2 Å². The van der Waals surface area contributed by atoms with Crippen LogP contribution in [0.1, 0.15) is 35.6 Å². The molecule has 0 unspecified atom stereocenters. The molecule has 0 saturated carbocycles. The van der Waals surface area contributed by atoms with E-state index < -0.39 is 0 Å². The summed E-state index contributed by atoms with van der Waals surface area (Å²) < 4.78 is 0. The van der Waals surface area contributed by atoms with Crippen molar-refractivity contribution in [3.8, 4) is 10.7 Å². The lowest BCUT2D eigenvalue weighted by molar-refractivity contribution is 0.0627. The molecule has 2 atom stereocenters. The molecule has 0 radical (unpaired) electrons. The Labute approximate surface area is 135 Å². The lowest BCUT2D eigenvalue weighted by Gasteiger charge is -2.34. The molecule has 1 fully saturated rings. The Hall–Kier alpha value is -1.75.